The third-order valence-corrected chi connectivity index (χ3v) is 2.93. The maximum Gasteiger partial charge on any atom is 0.471 e. The van der Waals surface area contributed by atoms with Crippen LogP contribution in [0.1, 0.15) is 29.6 Å². The van der Waals surface area contributed by atoms with Crippen LogP contribution in [-0.2, 0) is 11.0 Å². The summed E-state index contributed by atoms with van der Waals surface area (Å²) in [7, 11) is 0. The molecule has 0 fully saturated rings. The van der Waals surface area contributed by atoms with Crippen LogP contribution in [0.4, 0.5) is 13.2 Å². The van der Waals surface area contributed by atoms with Gasteiger partial charge in [-0.15, -0.1) is 0 Å². The first kappa shape index (κ1) is 17.4. The molecule has 0 saturated carbocycles. The lowest BCUT2D eigenvalue weighted by Gasteiger charge is -2.11. The number of carbonyl (C=O) groups is 2. The number of amides is 1. The summed E-state index contributed by atoms with van der Waals surface area (Å²) in [5.74, 6) is -3.26. The molecule has 2 N–H and O–H groups in total. The van der Waals surface area contributed by atoms with Crippen molar-refractivity contribution in [3.05, 3.63) is 35.7 Å². The summed E-state index contributed by atoms with van der Waals surface area (Å²) in [4.78, 5) is 25.7. The average Bonchev–Trinajstić information content (AvgIpc) is 2.96. The summed E-state index contributed by atoms with van der Waals surface area (Å²) >= 11 is 0. The van der Waals surface area contributed by atoms with E-state index < -0.39 is 30.0 Å². The first-order valence-electron chi connectivity index (χ1n) is 6.71. The largest absolute Gasteiger partial charge is 0.481 e. The van der Waals surface area contributed by atoms with Crippen LogP contribution in [0.3, 0.4) is 0 Å². The number of hydrogen-bond donors (Lipinski definition) is 2. The lowest BCUT2D eigenvalue weighted by Crippen LogP contribution is -2.34. The van der Waals surface area contributed by atoms with E-state index >= 15 is 0 Å². The number of rotatable bonds is 5. The van der Waals surface area contributed by atoms with Crippen molar-refractivity contribution in [1.82, 2.24) is 15.5 Å². The molecule has 24 heavy (non-hydrogen) atoms. The van der Waals surface area contributed by atoms with E-state index in [0.717, 1.165) is 0 Å². The molecular formula is C14H12F3N3O4. The van der Waals surface area contributed by atoms with Gasteiger partial charge in [0.05, 0.1) is 6.42 Å². The number of carbonyl (C=O) groups excluding carboxylic acids is 1. The number of benzene rings is 1. The molecule has 7 nitrogen and oxygen atoms in total. The normalized spacial score (nSPS) is 12.7. The minimum atomic E-state index is -4.73. The van der Waals surface area contributed by atoms with Gasteiger partial charge in [-0.05, 0) is 19.1 Å². The molecule has 10 heteroatoms. The Morgan fingerprint density at radius 2 is 1.92 bits per heavy atom. The van der Waals surface area contributed by atoms with E-state index in [9.17, 15) is 22.8 Å². The lowest BCUT2D eigenvalue weighted by atomic mass is 10.1. The molecule has 1 aromatic carbocycles. The molecular weight excluding hydrogens is 331 g/mol. The zero-order valence-electron chi connectivity index (χ0n) is 12.3. The van der Waals surface area contributed by atoms with Gasteiger partial charge in [-0.3, -0.25) is 9.59 Å². The highest BCUT2D eigenvalue weighted by Crippen LogP contribution is 2.29. The Morgan fingerprint density at radius 3 is 2.42 bits per heavy atom. The monoisotopic (exact) mass is 343 g/mol. The van der Waals surface area contributed by atoms with E-state index in [4.69, 9.17) is 5.11 Å². The molecule has 128 valence electrons. The number of halogens is 3. The zero-order valence-corrected chi connectivity index (χ0v) is 12.3. The Hall–Kier alpha value is -2.91. The predicted octanol–water partition coefficient (Wildman–Crippen LogP) is 2.35. The van der Waals surface area contributed by atoms with E-state index in [1.807, 2.05) is 0 Å². The summed E-state index contributed by atoms with van der Waals surface area (Å²) in [5.41, 5.74) is 0.458. The highest BCUT2D eigenvalue weighted by atomic mass is 19.4. The second-order valence-corrected chi connectivity index (χ2v) is 4.97. The fourth-order valence-electron chi connectivity index (χ4n) is 1.85. The van der Waals surface area contributed by atoms with Gasteiger partial charge in [0.2, 0.25) is 5.82 Å². The third-order valence-electron chi connectivity index (χ3n) is 2.93. The molecule has 1 heterocycles. The molecule has 0 aliphatic heterocycles. The molecule has 1 unspecified atom stereocenters. The van der Waals surface area contributed by atoms with E-state index in [0.29, 0.717) is 0 Å². The van der Waals surface area contributed by atoms with Crippen molar-refractivity contribution >= 4 is 11.9 Å². The lowest BCUT2D eigenvalue weighted by molar-refractivity contribution is -0.159. The topological polar surface area (TPSA) is 105 Å². The van der Waals surface area contributed by atoms with Crippen LogP contribution in [0.15, 0.2) is 28.8 Å². The molecule has 1 aromatic heterocycles. The minimum absolute atomic E-state index is 0.218. The van der Waals surface area contributed by atoms with Gasteiger partial charge in [-0.2, -0.15) is 18.2 Å². The van der Waals surface area contributed by atoms with E-state index in [2.05, 4.69) is 20.0 Å². The van der Waals surface area contributed by atoms with Crippen LogP contribution < -0.4 is 5.32 Å². The Bertz CT molecular complexity index is 740. The highest BCUT2D eigenvalue weighted by Gasteiger charge is 2.38. The van der Waals surface area contributed by atoms with Gasteiger partial charge in [0.25, 0.3) is 5.91 Å². The number of aromatic nitrogens is 2. The van der Waals surface area contributed by atoms with Gasteiger partial charge in [0.15, 0.2) is 0 Å². The van der Waals surface area contributed by atoms with Gasteiger partial charge >= 0.3 is 18.0 Å². The summed E-state index contributed by atoms with van der Waals surface area (Å²) in [5, 5.41) is 14.4. The molecule has 0 radical (unpaired) electrons. The second kappa shape index (κ2) is 6.69. The standard InChI is InChI=1S/C14H12F3N3O4/c1-7(6-10(21)22)18-12(23)9-4-2-8(3-5-9)11-19-13(24-20-11)14(15,16)17/h2-5,7H,6H2,1H3,(H,18,23)(H,21,22). The van der Waals surface area contributed by atoms with E-state index in [1.165, 1.54) is 24.3 Å². The van der Waals surface area contributed by atoms with Crippen LogP contribution in [0.2, 0.25) is 0 Å². The maximum absolute atomic E-state index is 12.4. The summed E-state index contributed by atoms with van der Waals surface area (Å²) in [6.45, 7) is 1.54. The first-order chi connectivity index (χ1) is 11.2. The van der Waals surface area contributed by atoms with Gasteiger partial charge in [0.1, 0.15) is 0 Å². The quantitative estimate of drug-likeness (QED) is 0.863. The van der Waals surface area contributed by atoms with Gasteiger partial charge in [0, 0.05) is 17.2 Å². The minimum Gasteiger partial charge on any atom is -0.481 e. The van der Waals surface area contributed by atoms with Gasteiger partial charge in [-0.25, -0.2) is 0 Å². The van der Waals surface area contributed by atoms with Gasteiger partial charge in [-0.1, -0.05) is 17.3 Å². The number of nitrogens with zero attached hydrogens (tertiary/aromatic N) is 2. The van der Waals surface area contributed by atoms with Crippen molar-refractivity contribution in [1.29, 1.82) is 0 Å². The maximum atomic E-state index is 12.4. The van der Waals surface area contributed by atoms with Crippen molar-refractivity contribution in [2.24, 2.45) is 0 Å². The Labute approximate surface area is 133 Å². The van der Waals surface area contributed by atoms with Crippen molar-refractivity contribution in [2.75, 3.05) is 0 Å². The van der Waals surface area contributed by atoms with E-state index in [-0.39, 0.29) is 23.4 Å². The second-order valence-electron chi connectivity index (χ2n) is 4.97. The van der Waals surface area contributed by atoms with Crippen LogP contribution in [-0.4, -0.2) is 33.2 Å². The number of aliphatic carboxylic acids is 1. The van der Waals surface area contributed by atoms with Crippen LogP contribution in [0.5, 0.6) is 0 Å². The van der Waals surface area contributed by atoms with E-state index in [1.54, 1.807) is 6.92 Å². The molecule has 0 bridgehead atoms. The molecule has 0 spiro atoms. The summed E-state index contributed by atoms with van der Waals surface area (Å²) in [6.07, 6.45) is -4.96. The number of hydrogen-bond acceptors (Lipinski definition) is 5. The highest BCUT2D eigenvalue weighted by molar-refractivity contribution is 5.95. The molecule has 2 aromatic rings. The Kier molecular flexibility index (Phi) is 4.86. The predicted molar refractivity (Wildman–Crippen MR) is 73.9 cm³/mol. The third kappa shape index (κ3) is 4.31. The van der Waals surface area contributed by atoms with Crippen molar-refractivity contribution < 1.29 is 32.4 Å². The summed E-state index contributed by atoms with van der Waals surface area (Å²) in [6, 6.07) is 4.88. The van der Waals surface area contributed by atoms with Crippen molar-refractivity contribution in [3.8, 4) is 11.4 Å². The van der Waals surface area contributed by atoms with Crippen molar-refractivity contribution in [2.45, 2.75) is 25.6 Å². The smallest absolute Gasteiger partial charge is 0.471 e. The fourth-order valence-corrected chi connectivity index (χ4v) is 1.85. The zero-order chi connectivity index (χ0) is 17.9. The number of carboxylic acids is 1. The molecule has 0 aliphatic carbocycles. The number of alkyl halides is 3. The fraction of sp³-hybridized carbons (Fsp3) is 0.286. The molecule has 1 atom stereocenters. The molecule has 0 saturated heterocycles. The molecule has 0 aliphatic rings. The molecule has 1 amide bonds. The average molecular weight is 343 g/mol. The summed E-state index contributed by atoms with van der Waals surface area (Å²) < 4.78 is 41.4. The Morgan fingerprint density at radius 1 is 1.29 bits per heavy atom. The first-order valence-corrected chi connectivity index (χ1v) is 6.71. The van der Waals surface area contributed by atoms with Crippen LogP contribution >= 0.6 is 0 Å². The van der Waals surface area contributed by atoms with Crippen molar-refractivity contribution in [3.63, 3.8) is 0 Å². The van der Waals surface area contributed by atoms with Crippen LogP contribution in [0.25, 0.3) is 11.4 Å². The van der Waals surface area contributed by atoms with Gasteiger partial charge < -0.3 is 14.9 Å². The van der Waals surface area contributed by atoms with Crippen LogP contribution in [0, 0.1) is 0 Å². The number of nitrogens with one attached hydrogen (secondary N) is 1. The SMILES string of the molecule is CC(CC(=O)O)NC(=O)c1ccc(-c2noc(C(F)(F)F)n2)cc1. The molecule has 2 rings (SSSR count). The Balaban J connectivity index is 2.09. The number of carboxylic acid groups (broad SMARTS) is 1.